The van der Waals surface area contributed by atoms with Crippen molar-refractivity contribution < 1.29 is 14.6 Å². The first-order valence-corrected chi connectivity index (χ1v) is 6.32. The van der Waals surface area contributed by atoms with Gasteiger partial charge >= 0.3 is 0 Å². The minimum Gasteiger partial charge on any atom is -0.504 e. The van der Waals surface area contributed by atoms with E-state index >= 15 is 0 Å². The molecule has 2 heterocycles. The van der Waals surface area contributed by atoms with Crippen molar-refractivity contribution in [2.24, 2.45) is 5.10 Å². The number of hydrogen-bond donors (Lipinski definition) is 2. The number of tetrazole rings is 1. The maximum Gasteiger partial charge on any atom is 0.293 e. The van der Waals surface area contributed by atoms with Crippen LogP contribution in [0.5, 0.6) is 11.5 Å². The van der Waals surface area contributed by atoms with Gasteiger partial charge in [0.05, 0.1) is 18.4 Å². The van der Waals surface area contributed by atoms with Gasteiger partial charge in [0.2, 0.25) is 0 Å². The van der Waals surface area contributed by atoms with Gasteiger partial charge < -0.3 is 9.84 Å². The Bertz CT molecular complexity index is 781. The van der Waals surface area contributed by atoms with Crippen LogP contribution in [0, 0.1) is 0 Å². The van der Waals surface area contributed by atoms with Crippen molar-refractivity contribution in [3.8, 4) is 11.5 Å². The van der Waals surface area contributed by atoms with Crippen molar-refractivity contribution in [3.05, 3.63) is 29.3 Å². The Labute approximate surface area is 124 Å². The fourth-order valence-electron chi connectivity index (χ4n) is 2.02. The minimum absolute atomic E-state index is 0.0289. The second kappa shape index (κ2) is 5.28. The number of benzene rings is 1. The van der Waals surface area contributed by atoms with Crippen LogP contribution in [-0.4, -0.2) is 44.5 Å². The standard InChI is InChI=1S/C13H12N6O3/c1-7-9(5-8-3-4-10(20)11(6-8)22-2)12(21)19(16-7)13-14-17-18-15-13/h3-6,20H,1-2H3,(H,14,15,17,18). The van der Waals surface area contributed by atoms with Gasteiger partial charge in [-0.15, -0.1) is 5.10 Å². The fourth-order valence-corrected chi connectivity index (χ4v) is 2.02. The molecular formula is C13H12N6O3. The minimum atomic E-state index is -0.356. The zero-order chi connectivity index (χ0) is 15.7. The zero-order valence-corrected chi connectivity index (χ0v) is 11.8. The molecule has 112 valence electrons. The fraction of sp³-hybridized carbons (Fsp3) is 0.154. The summed E-state index contributed by atoms with van der Waals surface area (Å²) < 4.78 is 5.05. The number of methoxy groups -OCH3 is 1. The highest BCUT2D eigenvalue weighted by Gasteiger charge is 2.31. The van der Waals surface area contributed by atoms with Crippen LogP contribution in [-0.2, 0) is 4.79 Å². The van der Waals surface area contributed by atoms with Crippen LogP contribution in [0.25, 0.3) is 6.08 Å². The van der Waals surface area contributed by atoms with Crippen molar-refractivity contribution in [1.29, 1.82) is 0 Å². The van der Waals surface area contributed by atoms with Gasteiger partial charge in [-0.1, -0.05) is 11.2 Å². The molecule has 9 nitrogen and oxygen atoms in total. The molecule has 3 rings (SSSR count). The van der Waals surface area contributed by atoms with Gasteiger partial charge in [0.25, 0.3) is 11.9 Å². The monoisotopic (exact) mass is 300 g/mol. The number of anilines is 1. The number of nitrogens with one attached hydrogen (secondary N) is 1. The van der Waals surface area contributed by atoms with E-state index in [1.165, 1.54) is 13.2 Å². The number of aromatic nitrogens is 4. The number of nitrogens with zero attached hydrogens (tertiary/aromatic N) is 5. The summed E-state index contributed by atoms with van der Waals surface area (Å²) in [6.45, 7) is 1.71. The van der Waals surface area contributed by atoms with E-state index in [4.69, 9.17) is 4.74 Å². The molecule has 0 fully saturated rings. The normalized spacial score (nSPS) is 16.3. The van der Waals surface area contributed by atoms with E-state index < -0.39 is 0 Å². The average molecular weight is 300 g/mol. The Morgan fingerprint density at radius 1 is 1.41 bits per heavy atom. The predicted molar refractivity (Wildman–Crippen MR) is 77.4 cm³/mol. The number of H-pyrrole nitrogens is 1. The SMILES string of the molecule is COc1cc(C=C2C(=O)N(c3nn[nH]n3)N=C2C)ccc1O. The Balaban J connectivity index is 1.95. The second-order valence-corrected chi connectivity index (χ2v) is 4.50. The lowest BCUT2D eigenvalue weighted by Gasteiger charge is -2.06. The molecule has 1 amide bonds. The molecule has 0 aliphatic carbocycles. The highest BCUT2D eigenvalue weighted by Crippen LogP contribution is 2.28. The quantitative estimate of drug-likeness (QED) is 0.807. The molecule has 0 atom stereocenters. The molecule has 0 saturated carbocycles. The summed E-state index contributed by atoms with van der Waals surface area (Å²) in [7, 11) is 1.46. The molecule has 0 spiro atoms. The van der Waals surface area contributed by atoms with Crippen LogP contribution < -0.4 is 9.75 Å². The Kier molecular flexibility index (Phi) is 3.30. The third-order valence-corrected chi connectivity index (χ3v) is 3.10. The van der Waals surface area contributed by atoms with E-state index in [0.29, 0.717) is 22.6 Å². The summed E-state index contributed by atoms with van der Waals surface area (Å²) in [5.74, 6) is 0.0765. The molecule has 22 heavy (non-hydrogen) atoms. The van der Waals surface area contributed by atoms with Gasteiger partial charge in [-0.2, -0.15) is 15.3 Å². The van der Waals surface area contributed by atoms with E-state index in [-0.39, 0.29) is 17.6 Å². The van der Waals surface area contributed by atoms with E-state index in [1.807, 2.05) is 0 Å². The van der Waals surface area contributed by atoms with Crippen molar-refractivity contribution in [3.63, 3.8) is 0 Å². The van der Waals surface area contributed by atoms with E-state index in [2.05, 4.69) is 25.7 Å². The van der Waals surface area contributed by atoms with E-state index in [9.17, 15) is 9.90 Å². The third kappa shape index (κ3) is 2.28. The summed E-state index contributed by atoms with van der Waals surface area (Å²) in [6, 6.07) is 4.79. The van der Waals surface area contributed by atoms with Crippen molar-refractivity contribution >= 4 is 23.6 Å². The van der Waals surface area contributed by atoms with Crippen molar-refractivity contribution in [2.45, 2.75) is 6.92 Å². The summed E-state index contributed by atoms with van der Waals surface area (Å²) in [5.41, 5.74) is 1.63. The summed E-state index contributed by atoms with van der Waals surface area (Å²) in [6.07, 6.45) is 1.66. The molecule has 2 N–H and O–H groups in total. The van der Waals surface area contributed by atoms with Crippen LogP contribution in [0.4, 0.5) is 5.95 Å². The molecule has 1 aromatic heterocycles. The lowest BCUT2D eigenvalue weighted by molar-refractivity contribution is -0.114. The lowest BCUT2D eigenvalue weighted by atomic mass is 10.1. The highest BCUT2D eigenvalue weighted by atomic mass is 16.5. The van der Waals surface area contributed by atoms with Gasteiger partial charge in [0.15, 0.2) is 11.5 Å². The van der Waals surface area contributed by atoms with Crippen LogP contribution in [0.3, 0.4) is 0 Å². The maximum atomic E-state index is 12.4. The van der Waals surface area contributed by atoms with Crippen LogP contribution in [0.1, 0.15) is 12.5 Å². The zero-order valence-electron chi connectivity index (χ0n) is 11.8. The van der Waals surface area contributed by atoms with Gasteiger partial charge in [-0.25, -0.2) is 0 Å². The molecule has 1 aromatic carbocycles. The topological polar surface area (TPSA) is 117 Å². The third-order valence-electron chi connectivity index (χ3n) is 3.10. The number of carbonyl (C=O) groups excluding carboxylic acids is 1. The van der Waals surface area contributed by atoms with Gasteiger partial charge in [-0.05, 0) is 35.9 Å². The molecule has 9 heteroatoms. The molecular weight excluding hydrogens is 288 g/mol. The average Bonchev–Trinajstić information content (AvgIpc) is 3.12. The predicted octanol–water partition coefficient (Wildman–Crippen LogP) is 0.720. The van der Waals surface area contributed by atoms with Gasteiger partial charge in [-0.3, -0.25) is 4.79 Å². The smallest absolute Gasteiger partial charge is 0.293 e. The van der Waals surface area contributed by atoms with E-state index in [0.717, 1.165) is 5.01 Å². The number of ether oxygens (including phenoxy) is 1. The van der Waals surface area contributed by atoms with Gasteiger partial charge in [0, 0.05) is 0 Å². The van der Waals surface area contributed by atoms with Crippen LogP contribution >= 0.6 is 0 Å². The summed E-state index contributed by atoms with van der Waals surface area (Å²) in [4.78, 5) is 12.4. The Morgan fingerprint density at radius 2 is 2.23 bits per heavy atom. The number of aromatic hydroxyl groups is 1. The Morgan fingerprint density at radius 3 is 2.91 bits per heavy atom. The molecule has 0 radical (unpaired) electrons. The number of hydrazone groups is 1. The molecule has 1 aliphatic rings. The molecule has 0 bridgehead atoms. The summed E-state index contributed by atoms with van der Waals surface area (Å²) >= 11 is 0. The van der Waals surface area contributed by atoms with Crippen LogP contribution in [0.2, 0.25) is 0 Å². The lowest BCUT2D eigenvalue weighted by Crippen LogP contribution is -2.22. The number of amides is 1. The highest BCUT2D eigenvalue weighted by molar-refractivity contribution is 6.31. The molecule has 0 unspecified atom stereocenters. The number of rotatable bonds is 3. The number of hydrogen-bond acceptors (Lipinski definition) is 7. The van der Waals surface area contributed by atoms with Crippen molar-refractivity contribution in [1.82, 2.24) is 20.6 Å². The molecule has 2 aromatic rings. The van der Waals surface area contributed by atoms with Crippen LogP contribution in [0.15, 0.2) is 28.9 Å². The number of phenols is 1. The number of carbonyl (C=O) groups is 1. The largest absolute Gasteiger partial charge is 0.504 e. The second-order valence-electron chi connectivity index (χ2n) is 4.50. The Hall–Kier alpha value is -3.23. The first-order chi connectivity index (χ1) is 10.6. The molecule has 1 aliphatic heterocycles. The summed E-state index contributed by atoms with van der Waals surface area (Å²) in [5, 5.41) is 27.9. The maximum absolute atomic E-state index is 12.4. The first kappa shape index (κ1) is 13.7. The number of aromatic amines is 1. The number of phenolic OH excluding ortho intramolecular Hbond substituents is 1. The molecule has 0 saturated heterocycles. The van der Waals surface area contributed by atoms with Crippen molar-refractivity contribution in [2.75, 3.05) is 12.1 Å². The van der Waals surface area contributed by atoms with E-state index in [1.54, 1.807) is 25.1 Å². The first-order valence-electron chi connectivity index (χ1n) is 6.32. The van der Waals surface area contributed by atoms with Gasteiger partial charge in [0.1, 0.15) is 0 Å².